The number of rotatable bonds is 5. The molecule has 2 fully saturated rings. The smallest absolute Gasteiger partial charge is 0.249 e. The Labute approximate surface area is 182 Å². The molecule has 1 aromatic rings. The fraction of sp³-hybridized carbons (Fsp3) is 0.556. The molecule has 0 unspecified atom stereocenters. The zero-order valence-electron chi connectivity index (χ0n) is 15.5. The summed E-state index contributed by atoms with van der Waals surface area (Å²) in [6.45, 7) is 3.20. The largest absolute Gasteiger partial charge is 0.368 e. The first kappa shape index (κ1) is 24.8. The zero-order chi connectivity index (χ0) is 18.5. The van der Waals surface area contributed by atoms with Crippen LogP contribution in [-0.4, -0.2) is 68.2 Å². The number of ether oxygens (including phenoxy) is 1. The second-order valence-electron chi connectivity index (χ2n) is 6.62. The maximum atomic E-state index is 12.3. The molecule has 0 spiro atoms. The Morgan fingerprint density at radius 1 is 1.11 bits per heavy atom. The number of carbonyl (C=O) groups excluding carboxylic acids is 2. The standard InChI is InChI=1S/C18H25ClN4O3.2ClH/c19-13-1-3-14(4-2-13)22-7-9-23(10-8-22)17(24)12-21-18(25)16-6-5-15(11-20)26-16;;/h1-4,15-16H,5-12,20H2,(H,21,25);2*1H/t15-,16+;;/m1../s1. The maximum absolute atomic E-state index is 12.3. The van der Waals surface area contributed by atoms with E-state index >= 15 is 0 Å². The molecule has 0 aliphatic carbocycles. The van der Waals surface area contributed by atoms with Crippen molar-refractivity contribution in [2.24, 2.45) is 5.73 Å². The van der Waals surface area contributed by atoms with Gasteiger partial charge in [0.2, 0.25) is 11.8 Å². The van der Waals surface area contributed by atoms with Crippen LogP contribution in [0.1, 0.15) is 12.8 Å². The predicted octanol–water partition coefficient (Wildman–Crippen LogP) is 1.45. The first-order valence-electron chi connectivity index (χ1n) is 8.98. The van der Waals surface area contributed by atoms with E-state index in [2.05, 4.69) is 10.2 Å². The van der Waals surface area contributed by atoms with Gasteiger partial charge >= 0.3 is 0 Å². The van der Waals surface area contributed by atoms with E-state index in [-0.39, 0.29) is 49.3 Å². The Morgan fingerprint density at radius 2 is 1.75 bits per heavy atom. The molecule has 2 aliphatic heterocycles. The van der Waals surface area contributed by atoms with E-state index in [9.17, 15) is 9.59 Å². The summed E-state index contributed by atoms with van der Waals surface area (Å²) in [6.07, 6.45) is 0.900. The average Bonchev–Trinajstić information content (AvgIpc) is 3.16. The van der Waals surface area contributed by atoms with E-state index in [0.717, 1.165) is 25.2 Å². The van der Waals surface area contributed by atoms with E-state index in [1.807, 2.05) is 24.3 Å². The highest BCUT2D eigenvalue weighted by Gasteiger charge is 2.30. The van der Waals surface area contributed by atoms with E-state index in [4.69, 9.17) is 22.1 Å². The van der Waals surface area contributed by atoms with Gasteiger partial charge in [-0.05, 0) is 37.1 Å². The second-order valence-corrected chi connectivity index (χ2v) is 7.06. The molecular formula is C18H27Cl3N4O3. The maximum Gasteiger partial charge on any atom is 0.249 e. The highest BCUT2D eigenvalue weighted by molar-refractivity contribution is 6.30. The summed E-state index contributed by atoms with van der Waals surface area (Å²) in [6, 6.07) is 7.70. The molecule has 0 saturated carbocycles. The van der Waals surface area contributed by atoms with Crippen molar-refractivity contribution in [3.8, 4) is 0 Å². The number of nitrogens with two attached hydrogens (primary N) is 1. The van der Waals surface area contributed by atoms with Crippen LogP contribution in [0.2, 0.25) is 5.02 Å². The van der Waals surface area contributed by atoms with Crippen molar-refractivity contribution in [3.63, 3.8) is 0 Å². The van der Waals surface area contributed by atoms with Crippen molar-refractivity contribution >= 4 is 53.9 Å². The van der Waals surface area contributed by atoms with Crippen molar-refractivity contribution in [2.75, 3.05) is 44.2 Å². The molecule has 1 aromatic carbocycles. The molecule has 7 nitrogen and oxygen atoms in total. The molecule has 28 heavy (non-hydrogen) atoms. The summed E-state index contributed by atoms with van der Waals surface area (Å²) in [7, 11) is 0. The molecular weight excluding hydrogens is 427 g/mol. The third-order valence-corrected chi connectivity index (χ3v) is 5.15. The van der Waals surface area contributed by atoms with Gasteiger partial charge in [-0.2, -0.15) is 0 Å². The van der Waals surface area contributed by atoms with Gasteiger partial charge in [-0.15, -0.1) is 24.8 Å². The molecule has 2 saturated heterocycles. The summed E-state index contributed by atoms with van der Waals surface area (Å²) in [5.74, 6) is -0.295. The van der Waals surface area contributed by atoms with E-state index in [1.54, 1.807) is 4.90 Å². The minimum absolute atomic E-state index is 0. The normalized spacial score (nSPS) is 21.5. The average molecular weight is 454 g/mol. The lowest BCUT2D eigenvalue weighted by molar-refractivity contribution is -0.137. The third kappa shape index (κ3) is 6.39. The number of hydrogen-bond acceptors (Lipinski definition) is 5. The number of anilines is 1. The molecule has 2 amide bonds. The fourth-order valence-corrected chi connectivity index (χ4v) is 3.45. The molecule has 0 radical (unpaired) electrons. The molecule has 158 valence electrons. The lowest BCUT2D eigenvalue weighted by Crippen LogP contribution is -2.51. The first-order chi connectivity index (χ1) is 12.6. The van der Waals surface area contributed by atoms with Crippen LogP contribution in [0, 0.1) is 0 Å². The molecule has 3 N–H and O–H groups in total. The number of halogens is 3. The van der Waals surface area contributed by atoms with Crippen molar-refractivity contribution in [3.05, 3.63) is 29.3 Å². The fourth-order valence-electron chi connectivity index (χ4n) is 3.33. The summed E-state index contributed by atoms with van der Waals surface area (Å²) >= 11 is 5.92. The Bertz CT molecular complexity index is 639. The summed E-state index contributed by atoms with van der Waals surface area (Å²) in [4.78, 5) is 28.4. The van der Waals surface area contributed by atoms with Crippen LogP contribution >= 0.6 is 36.4 Å². The van der Waals surface area contributed by atoms with Gasteiger partial charge in [0.05, 0.1) is 12.6 Å². The molecule has 10 heteroatoms. The molecule has 2 aliphatic rings. The van der Waals surface area contributed by atoms with Gasteiger partial charge in [0.25, 0.3) is 0 Å². The van der Waals surface area contributed by atoms with Crippen LogP contribution in [0.25, 0.3) is 0 Å². The second kappa shape index (κ2) is 11.7. The quantitative estimate of drug-likeness (QED) is 0.705. The molecule has 2 atom stereocenters. The van der Waals surface area contributed by atoms with Crippen molar-refractivity contribution in [2.45, 2.75) is 25.0 Å². The van der Waals surface area contributed by atoms with Gasteiger partial charge in [-0.1, -0.05) is 11.6 Å². The van der Waals surface area contributed by atoms with Crippen LogP contribution in [0.5, 0.6) is 0 Å². The highest BCUT2D eigenvalue weighted by atomic mass is 35.5. The van der Waals surface area contributed by atoms with Gasteiger partial charge in [-0.25, -0.2) is 0 Å². The lowest BCUT2D eigenvalue weighted by Gasteiger charge is -2.36. The van der Waals surface area contributed by atoms with Gasteiger partial charge in [0.1, 0.15) is 6.10 Å². The van der Waals surface area contributed by atoms with Crippen LogP contribution in [0.3, 0.4) is 0 Å². The van der Waals surface area contributed by atoms with Gasteiger partial charge < -0.3 is 25.6 Å². The SMILES string of the molecule is Cl.Cl.NC[C@H]1CC[C@@H](C(=O)NCC(=O)N2CCN(c3ccc(Cl)cc3)CC2)O1. The van der Waals surface area contributed by atoms with E-state index < -0.39 is 6.10 Å². The predicted molar refractivity (Wildman–Crippen MR) is 115 cm³/mol. The molecule has 3 rings (SSSR count). The highest BCUT2D eigenvalue weighted by Crippen LogP contribution is 2.20. The van der Waals surface area contributed by atoms with Crippen molar-refractivity contribution in [1.29, 1.82) is 0 Å². The third-order valence-electron chi connectivity index (χ3n) is 4.90. The Balaban J connectivity index is 0.00000196. The minimum Gasteiger partial charge on any atom is -0.368 e. The van der Waals surface area contributed by atoms with Crippen LogP contribution < -0.4 is 16.0 Å². The minimum atomic E-state index is -0.488. The van der Waals surface area contributed by atoms with Crippen LogP contribution in [0.15, 0.2) is 24.3 Å². The number of nitrogens with zero attached hydrogens (tertiary/aromatic N) is 2. The Morgan fingerprint density at radius 3 is 2.32 bits per heavy atom. The first-order valence-corrected chi connectivity index (χ1v) is 9.36. The molecule has 2 heterocycles. The molecule has 0 bridgehead atoms. The molecule has 0 aromatic heterocycles. The summed E-state index contributed by atoms with van der Waals surface area (Å²) in [5, 5.41) is 3.40. The number of hydrogen-bond donors (Lipinski definition) is 2. The monoisotopic (exact) mass is 452 g/mol. The Hall–Kier alpha value is -1.25. The number of nitrogens with one attached hydrogen (secondary N) is 1. The Kier molecular flexibility index (Phi) is 10.3. The van der Waals surface area contributed by atoms with Crippen LogP contribution in [-0.2, 0) is 14.3 Å². The van der Waals surface area contributed by atoms with Crippen molar-refractivity contribution < 1.29 is 14.3 Å². The number of carbonyl (C=O) groups is 2. The summed E-state index contributed by atoms with van der Waals surface area (Å²) in [5.41, 5.74) is 6.65. The summed E-state index contributed by atoms with van der Waals surface area (Å²) < 4.78 is 5.54. The zero-order valence-corrected chi connectivity index (χ0v) is 17.9. The van der Waals surface area contributed by atoms with Gasteiger partial charge in [-0.3, -0.25) is 9.59 Å². The van der Waals surface area contributed by atoms with E-state index in [1.165, 1.54) is 0 Å². The number of benzene rings is 1. The van der Waals surface area contributed by atoms with Crippen molar-refractivity contribution in [1.82, 2.24) is 10.2 Å². The van der Waals surface area contributed by atoms with Crippen LogP contribution in [0.4, 0.5) is 5.69 Å². The topological polar surface area (TPSA) is 87.9 Å². The van der Waals surface area contributed by atoms with Gasteiger partial charge in [0, 0.05) is 43.4 Å². The lowest BCUT2D eigenvalue weighted by atomic mass is 10.2. The van der Waals surface area contributed by atoms with E-state index in [0.29, 0.717) is 31.1 Å². The van der Waals surface area contributed by atoms with Gasteiger partial charge in [0.15, 0.2) is 0 Å². The number of piperazine rings is 1. The number of amides is 2.